The average Bonchev–Trinajstić information content (AvgIpc) is 2.21. The van der Waals surface area contributed by atoms with Crippen molar-refractivity contribution >= 4 is 0 Å². The van der Waals surface area contributed by atoms with E-state index in [-0.39, 0.29) is 11.6 Å². The summed E-state index contributed by atoms with van der Waals surface area (Å²) in [6, 6.07) is 6.54. The van der Waals surface area contributed by atoms with Gasteiger partial charge in [0, 0.05) is 5.54 Å². The number of hydrogen-bond donors (Lipinski definition) is 2. The topological polar surface area (TPSA) is 46.2 Å². The van der Waals surface area contributed by atoms with Crippen LogP contribution in [0.1, 0.15) is 42.4 Å². The lowest BCUT2D eigenvalue weighted by molar-refractivity contribution is 0.0969. The highest BCUT2D eigenvalue weighted by Gasteiger charge is 2.32. The van der Waals surface area contributed by atoms with Crippen molar-refractivity contribution in [2.75, 3.05) is 0 Å². The number of benzene rings is 1. The van der Waals surface area contributed by atoms with E-state index in [9.17, 15) is 5.11 Å². The minimum Gasteiger partial charge on any atom is -0.393 e. The van der Waals surface area contributed by atoms with Gasteiger partial charge in [0.1, 0.15) is 0 Å². The monoisotopic (exact) mass is 219 g/mol. The fourth-order valence-corrected chi connectivity index (χ4v) is 2.67. The van der Waals surface area contributed by atoms with Gasteiger partial charge in [0.2, 0.25) is 0 Å². The van der Waals surface area contributed by atoms with Gasteiger partial charge < -0.3 is 10.8 Å². The maximum Gasteiger partial charge on any atom is 0.0541 e. The molecule has 0 amide bonds. The van der Waals surface area contributed by atoms with Gasteiger partial charge in [0.25, 0.3) is 0 Å². The normalized spacial score (nSPS) is 30.4. The molecule has 0 heterocycles. The van der Waals surface area contributed by atoms with Crippen LogP contribution in [-0.2, 0) is 5.54 Å². The Hall–Kier alpha value is -0.860. The molecule has 0 saturated heterocycles. The van der Waals surface area contributed by atoms with Crippen LogP contribution in [0.15, 0.2) is 18.2 Å². The minimum atomic E-state index is -0.226. The second-order valence-corrected chi connectivity index (χ2v) is 5.26. The fraction of sp³-hybridized carbons (Fsp3) is 0.571. The van der Waals surface area contributed by atoms with Crippen molar-refractivity contribution < 1.29 is 5.11 Å². The predicted octanol–water partition coefficient (Wildman–Crippen LogP) is 2.39. The van der Waals surface area contributed by atoms with Crippen LogP contribution in [0.5, 0.6) is 0 Å². The van der Waals surface area contributed by atoms with Gasteiger partial charge in [0.15, 0.2) is 0 Å². The summed E-state index contributed by atoms with van der Waals surface area (Å²) in [6.45, 7) is 4.22. The van der Waals surface area contributed by atoms with Gasteiger partial charge in [0.05, 0.1) is 6.10 Å². The average molecular weight is 219 g/mol. The van der Waals surface area contributed by atoms with Gasteiger partial charge in [-0.3, -0.25) is 0 Å². The van der Waals surface area contributed by atoms with Crippen LogP contribution >= 0.6 is 0 Å². The first-order valence-corrected chi connectivity index (χ1v) is 6.05. The number of aliphatic hydroxyl groups is 1. The zero-order chi connectivity index (χ0) is 11.8. The molecule has 0 bridgehead atoms. The van der Waals surface area contributed by atoms with Crippen molar-refractivity contribution in [3.63, 3.8) is 0 Å². The summed E-state index contributed by atoms with van der Waals surface area (Å²) in [5.41, 5.74) is 10.0. The van der Waals surface area contributed by atoms with Crippen LogP contribution in [0.2, 0.25) is 0 Å². The van der Waals surface area contributed by atoms with E-state index in [1.165, 1.54) is 16.7 Å². The van der Waals surface area contributed by atoms with Crippen LogP contribution in [0.25, 0.3) is 0 Å². The van der Waals surface area contributed by atoms with E-state index in [2.05, 4.69) is 32.0 Å². The summed E-state index contributed by atoms with van der Waals surface area (Å²) in [5.74, 6) is 0. The number of nitrogens with two attached hydrogens (primary N) is 1. The molecule has 1 saturated carbocycles. The van der Waals surface area contributed by atoms with E-state index in [0.29, 0.717) is 0 Å². The molecule has 2 rings (SSSR count). The highest BCUT2D eigenvalue weighted by molar-refractivity contribution is 5.33. The van der Waals surface area contributed by atoms with Crippen LogP contribution in [-0.4, -0.2) is 11.2 Å². The van der Waals surface area contributed by atoms with Gasteiger partial charge >= 0.3 is 0 Å². The smallest absolute Gasteiger partial charge is 0.0541 e. The maximum absolute atomic E-state index is 9.54. The molecule has 0 aromatic heterocycles. The van der Waals surface area contributed by atoms with Crippen molar-refractivity contribution in [2.45, 2.75) is 51.2 Å². The summed E-state index contributed by atoms with van der Waals surface area (Å²) in [5, 5.41) is 9.54. The molecular formula is C14H21NO. The van der Waals surface area contributed by atoms with E-state index >= 15 is 0 Å². The van der Waals surface area contributed by atoms with E-state index in [4.69, 9.17) is 5.73 Å². The molecule has 16 heavy (non-hydrogen) atoms. The molecule has 2 nitrogen and oxygen atoms in total. The number of rotatable bonds is 1. The molecule has 1 aromatic rings. The van der Waals surface area contributed by atoms with E-state index in [1.807, 2.05) is 0 Å². The third-order valence-electron chi connectivity index (χ3n) is 3.64. The van der Waals surface area contributed by atoms with Crippen molar-refractivity contribution in [3.05, 3.63) is 34.9 Å². The standard InChI is InChI=1S/C14H21NO/c1-10-7-11(2)9-12(8-10)14(15)5-3-13(16)4-6-14/h7-9,13,16H,3-6,15H2,1-2H3. The Bertz CT molecular complexity index is 358. The summed E-state index contributed by atoms with van der Waals surface area (Å²) in [7, 11) is 0. The molecule has 1 aliphatic carbocycles. The van der Waals surface area contributed by atoms with E-state index in [1.54, 1.807) is 0 Å². The highest BCUT2D eigenvalue weighted by Crippen LogP contribution is 2.35. The molecule has 0 radical (unpaired) electrons. The SMILES string of the molecule is Cc1cc(C)cc(C2(N)CCC(O)CC2)c1. The molecule has 0 spiro atoms. The molecule has 1 fully saturated rings. The van der Waals surface area contributed by atoms with Gasteiger partial charge in [-0.2, -0.15) is 0 Å². The molecular weight excluding hydrogens is 198 g/mol. The zero-order valence-electron chi connectivity index (χ0n) is 10.2. The summed E-state index contributed by atoms with van der Waals surface area (Å²) >= 11 is 0. The first-order chi connectivity index (χ1) is 7.49. The molecule has 1 aliphatic rings. The first kappa shape index (κ1) is 11.6. The Kier molecular flexibility index (Phi) is 3.04. The van der Waals surface area contributed by atoms with Gasteiger partial charge in [-0.1, -0.05) is 29.3 Å². The molecule has 1 aromatic carbocycles. The Morgan fingerprint density at radius 1 is 1.12 bits per heavy atom. The fourth-order valence-electron chi connectivity index (χ4n) is 2.67. The largest absolute Gasteiger partial charge is 0.393 e. The highest BCUT2D eigenvalue weighted by atomic mass is 16.3. The van der Waals surface area contributed by atoms with E-state index < -0.39 is 0 Å². The summed E-state index contributed by atoms with van der Waals surface area (Å²) in [4.78, 5) is 0. The second-order valence-electron chi connectivity index (χ2n) is 5.26. The van der Waals surface area contributed by atoms with Crippen LogP contribution in [0.3, 0.4) is 0 Å². The number of hydrogen-bond acceptors (Lipinski definition) is 2. The Morgan fingerprint density at radius 2 is 1.62 bits per heavy atom. The minimum absolute atomic E-state index is 0.150. The van der Waals surface area contributed by atoms with Gasteiger partial charge in [-0.25, -0.2) is 0 Å². The molecule has 2 heteroatoms. The maximum atomic E-state index is 9.54. The van der Waals surface area contributed by atoms with Gasteiger partial charge in [-0.15, -0.1) is 0 Å². The van der Waals surface area contributed by atoms with Crippen LogP contribution < -0.4 is 5.73 Å². The van der Waals surface area contributed by atoms with Crippen molar-refractivity contribution in [1.29, 1.82) is 0 Å². The lowest BCUT2D eigenvalue weighted by atomic mass is 9.76. The Balaban J connectivity index is 2.28. The number of aryl methyl sites for hydroxylation is 2. The summed E-state index contributed by atoms with van der Waals surface area (Å²) < 4.78 is 0. The first-order valence-electron chi connectivity index (χ1n) is 6.05. The molecule has 3 N–H and O–H groups in total. The lowest BCUT2D eigenvalue weighted by Gasteiger charge is -2.36. The zero-order valence-corrected chi connectivity index (χ0v) is 10.2. The lowest BCUT2D eigenvalue weighted by Crippen LogP contribution is -2.41. The van der Waals surface area contributed by atoms with Gasteiger partial charge in [-0.05, 0) is 45.1 Å². The predicted molar refractivity (Wildman–Crippen MR) is 66.3 cm³/mol. The Morgan fingerprint density at radius 3 is 2.12 bits per heavy atom. The van der Waals surface area contributed by atoms with Crippen molar-refractivity contribution in [1.82, 2.24) is 0 Å². The van der Waals surface area contributed by atoms with Crippen LogP contribution in [0, 0.1) is 13.8 Å². The molecule has 0 aliphatic heterocycles. The third kappa shape index (κ3) is 2.28. The van der Waals surface area contributed by atoms with Crippen LogP contribution in [0.4, 0.5) is 0 Å². The Labute approximate surface area is 97.5 Å². The number of aliphatic hydroxyl groups excluding tert-OH is 1. The van der Waals surface area contributed by atoms with Crippen molar-refractivity contribution in [3.8, 4) is 0 Å². The van der Waals surface area contributed by atoms with Crippen molar-refractivity contribution in [2.24, 2.45) is 5.73 Å². The molecule has 0 atom stereocenters. The molecule has 88 valence electrons. The molecule has 0 unspecified atom stereocenters. The second kappa shape index (κ2) is 4.19. The summed E-state index contributed by atoms with van der Waals surface area (Å²) in [6.07, 6.45) is 3.27. The van der Waals surface area contributed by atoms with E-state index in [0.717, 1.165) is 25.7 Å². The quantitative estimate of drug-likeness (QED) is 0.762. The third-order valence-corrected chi connectivity index (χ3v) is 3.64.